The van der Waals surface area contributed by atoms with Gasteiger partial charge in [-0.15, -0.1) is 0 Å². The maximum atomic E-state index is 14.7. The van der Waals surface area contributed by atoms with Gasteiger partial charge in [-0.25, -0.2) is 0 Å². The Kier molecular flexibility index (Phi) is 10.2. The highest BCUT2D eigenvalue weighted by atomic mass is 16.5. The van der Waals surface area contributed by atoms with Crippen molar-refractivity contribution < 1.29 is 35.1 Å². The number of carbonyl (C=O) groups excluding carboxylic acids is 1. The van der Waals surface area contributed by atoms with Crippen LogP contribution in [0, 0.1) is 64.1 Å². The summed E-state index contributed by atoms with van der Waals surface area (Å²) in [5, 5.41) is 65.2. The topological polar surface area (TPSA) is 166 Å². The molecule has 6 fully saturated rings. The van der Waals surface area contributed by atoms with E-state index in [0.29, 0.717) is 31.6 Å². The number of rotatable bonds is 7. The molecule has 310 valence electrons. The van der Waals surface area contributed by atoms with Gasteiger partial charge in [-0.1, -0.05) is 64.2 Å². The van der Waals surface area contributed by atoms with Crippen LogP contribution in [0.4, 0.5) is 0 Å². The van der Waals surface area contributed by atoms with Crippen LogP contribution in [0.25, 0.3) is 0 Å². The quantitative estimate of drug-likeness (QED) is 0.163. The fourth-order valence-corrected chi connectivity index (χ4v) is 15.7. The number of nitrogens with two attached hydrogens (primary N) is 1. The van der Waals surface area contributed by atoms with Crippen molar-refractivity contribution in [1.29, 1.82) is 0 Å². The lowest BCUT2D eigenvalue weighted by Crippen LogP contribution is -2.68. The second-order valence-electron chi connectivity index (χ2n) is 20.7. The predicted molar refractivity (Wildman–Crippen MR) is 214 cm³/mol. The van der Waals surface area contributed by atoms with E-state index in [0.717, 1.165) is 62.0 Å². The molecule has 8 N–H and O–H groups in total. The Morgan fingerprint density at radius 3 is 2.52 bits per heavy atom. The van der Waals surface area contributed by atoms with E-state index in [1.54, 1.807) is 6.08 Å². The molecule has 0 radical (unpaired) electrons. The molecule has 18 atom stereocenters. The van der Waals surface area contributed by atoms with Gasteiger partial charge in [0.15, 0.2) is 5.78 Å². The van der Waals surface area contributed by atoms with Crippen LogP contribution in [0.15, 0.2) is 47.7 Å². The summed E-state index contributed by atoms with van der Waals surface area (Å²) in [6.45, 7) is 6.31. The zero-order valence-electron chi connectivity index (χ0n) is 34.1. The molecule has 9 rings (SSSR count). The number of aliphatic hydroxyl groups is 5. The molecule has 9 heteroatoms. The lowest BCUT2D eigenvalue weighted by Gasteiger charge is -2.65. The third-order valence-corrected chi connectivity index (χ3v) is 18.2. The zero-order valence-corrected chi connectivity index (χ0v) is 34.1. The van der Waals surface area contributed by atoms with Crippen LogP contribution in [-0.4, -0.2) is 79.2 Å². The zero-order chi connectivity index (χ0) is 39.4. The van der Waals surface area contributed by atoms with Gasteiger partial charge in [0.05, 0.1) is 41.8 Å². The number of ether oxygens (including phenoxy) is 1. The summed E-state index contributed by atoms with van der Waals surface area (Å²) in [5.74, 6) is 0.0551. The molecule has 5 saturated carbocycles. The van der Waals surface area contributed by atoms with E-state index in [9.17, 15) is 30.3 Å². The first kappa shape index (κ1) is 39.6. The molecule has 1 saturated heterocycles. The third-order valence-electron chi connectivity index (χ3n) is 18.2. The number of carbonyl (C=O) groups is 1. The minimum absolute atomic E-state index is 0.0578. The SMILES string of the molecule is CCCC1CCC2OC(C(O)C(C)(O)C3CCC4(O)C5=CC(=O)C6CC(O)C(O)CC67CC(C6=CNC(N)C=C6)C=CC(CC34C3CCCC3)C57)C(C)C2CC1. The number of ketones is 1. The molecule has 0 aromatic heterocycles. The van der Waals surface area contributed by atoms with Crippen LogP contribution < -0.4 is 11.1 Å². The van der Waals surface area contributed by atoms with Crippen LogP contribution in [0.5, 0.6) is 0 Å². The minimum atomic E-state index is -1.54. The second kappa shape index (κ2) is 14.4. The van der Waals surface area contributed by atoms with Gasteiger partial charge in [-0.05, 0) is 148 Å². The van der Waals surface area contributed by atoms with E-state index in [2.05, 4.69) is 37.4 Å². The minimum Gasteiger partial charge on any atom is -0.390 e. The van der Waals surface area contributed by atoms with Crippen molar-refractivity contribution in [2.75, 3.05) is 0 Å². The first-order chi connectivity index (χ1) is 26.7. The van der Waals surface area contributed by atoms with Gasteiger partial charge in [-0.3, -0.25) is 4.79 Å². The molecular weight excluding hydrogens is 705 g/mol. The summed E-state index contributed by atoms with van der Waals surface area (Å²) in [4.78, 5) is 14.7. The number of aliphatic hydroxyl groups excluding tert-OH is 3. The molecular formula is C47H70N2O7. The molecule has 2 heterocycles. The van der Waals surface area contributed by atoms with Crippen molar-refractivity contribution in [1.82, 2.24) is 5.32 Å². The standard InChI is InChI=1S/C47H70N2O7/c1-4-7-27-10-15-32-26(2)42(56-38(32)16-11-27)43(53)44(3,54)39-18-19-47(55)34-21-35(50)33-20-36(51)37(52)24-45(33)22-28(30-14-17-40(48)49-25-30)12-13-29(41(34)45)23-46(39,47)31-8-5-6-9-31/h12-14,17,21,25-29,31-33,36-43,49,51-55H,4-11,15-16,18-20,22-24,48H2,1-3H3. The van der Waals surface area contributed by atoms with Crippen LogP contribution in [-0.2, 0) is 9.53 Å². The van der Waals surface area contributed by atoms with Gasteiger partial charge in [0, 0.05) is 23.5 Å². The summed E-state index contributed by atoms with van der Waals surface area (Å²) in [6.07, 6.45) is 22.2. The van der Waals surface area contributed by atoms with Crippen LogP contribution in [0.3, 0.4) is 0 Å². The van der Waals surface area contributed by atoms with Crippen molar-refractivity contribution in [3.8, 4) is 0 Å². The molecule has 1 spiro atoms. The van der Waals surface area contributed by atoms with Gasteiger partial charge in [0.1, 0.15) is 6.10 Å². The second-order valence-corrected chi connectivity index (χ2v) is 20.7. The summed E-state index contributed by atoms with van der Waals surface area (Å²) in [5.41, 5.74) is 3.64. The van der Waals surface area contributed by atoms with Crippen LogP contribution in [0.1, 0.15) is 124 Å². The molecule has 18 unspecified atom stereocenters. The lowest BCUT2D eigenvalue weighted by atomic mass is 9.40. The molecule has 0 amide bonds. The summed E-state index contributed by atoms with van der Waals surface area (Å²) in [7, 11) is 0. The van der Waals surface area contributed by atoms with Gasteiger partial charge in [-0.2, -0.15) is 0 Å². The Labute approximate surface area is 334 Å². The fourth-order valence-electron chi connectivity index (χ4n) is 15.7. The maximum absolute atomic E-state index is 14.7. The fraction of sp³-hybridized carbons (Fsp3) is 0.809. The first-order valence-corrected chi connectivity index (χ1v) is 22.7. The average Bonchev–Trinajstić information content (AvgIpc) is 3.83. The monoisotopic (exact) mass is 775 g/mol. The number of hydrogen-bond donors (Lipinski definition) is 7. The highest BCUT2D eigenvalue weighted by Gasteiger charge is 2.75. The highest BCUT2D eigenvalue weighted by Crippen LogP contribution is 2.75. The number of fused-ring (bicyclic) bond motifs is 3. The molecule has 0 aromatic carbocycles. The average molecular weight is 775 g/mol. The van der Waals surface area contributed by atoms with Crippen molar-refractivity contribution in [2.45, 2.75) is 171 Å². The van der Waals surface area contributed by atoms with Gasteiger partial charge in [0.25, 0.3) is 0 Å². The predicted octanol–water partition coefficient (Wildman–Crippen LogP) is 5.59. The summed E-state index contributed by atoms with van der Waals surface area (Å²) in [6, 6.07) is 0. The van der Waals surface area contributed by atoms with Crippen molar-refractivity contribution in [3.05, 3.63) is 47.7 Å². The lowest BCUT2D eigenvalue weighted by molar-refractivity contribution is -0.221. The van der Waals surface area contributed by atoms with Crippen LogP contribution >= 0.6 is 0 Å². The Bertz CT molecular complexity index is 1650. The summed E-state index contributed by atoms with van der Waals surface area (Å²) < 4.78 is 6.84. The third kappa shape index (κ3) is 5.82. The Morgan fingerprint density at radius 2 is 1.79 bits per heavy atom. The Morgan fingerprint density at radius 1 is 1.02 bits per heavy atom. The Hall–Kier alpha value is -1.85. The smallest absolute Gasteiger partial charge is 0.159 e. The Balaban J connectivity index is 1.12. The van der Waals surface area contributed by atoms with E-state index in [1.165, 1.54) is 19.3 Å². The van der Waals surface area contributed by atoms with E-state index in [4.69, 9.17) is 10.5 Å². The maximum Gasteiger partial charge on any atom is 0.159 e. The van der Waals surface area contributed by atoms with E-state index >= 15 is 0 Å². The highest BCUT2D eigenvalue weighted by molar-refractivity contribution is 5.95. The normalized spacial score (nSPS) is 50.3. The number of allylic oxidation sites excluding steroid dienone is 5. The number of dihydropyridines is 1. The molecule has 7 aliphatic carbocycles. The van der Waals surface area contributed by atoms with E-state index in [1.807, 2.05) is 19.2 Å². The van der Waals surface area contributed by atoms with Gasteiger partial charge >= 0.3 is 0 Å². The van der Waals surface area contributed by atoms with Crippen molar-refractivity contribution in [3.63, 3.8) is 0 Å². The number of hydrogen-bond acceptors (Lipinski definition) is 9. The van der Waals surface area contributed by atoms with E-state index < -0.39 is 58.3 Å². The van der Waals surface area contributed by atoms with Gasteiger partial charge in [0.2, 0.25) is 0 Å². The van der Waals surface area contributed by atoms with Crippen LogP contribution in [0.2, 0.25) is 0 Å². The molecule has 2 aliphatic heterocycles. The molecule has 0 bridgehead atoms. The summed E-state index contributed by atoms with van der Waals surface area (Å²) >= 11 is 0. The molecule has 9 aliphatic rings. The first-order valence-electron chi connectivity index (χ1n) is 22.7. The number of nitrogens with one attached hydrogen (secondary N) is 1. The largest absolute Gasteiger partial charge is 0.390 e. The van der Waals surface area contributed by atoms with Crippen molar-refractivity contribution in [2.24, 2.45) is 69.8 Å². The van der Waals surface area contributed by atoms with E-state index in [-0.39, 0.29) is 60.5 Å². The van der Waals surface area contributed by atoms with Crippen molar-refractivity contribution >= 4 is 5.78 Å². The van der Waals surface area contributed by atoms with Gasteiger partial charge < -0.3 is 41.3 Å². The molecule has 0 aromatic rings. The molecule has 9 nitrogen and oxygen atoms in total. The molecule has 56 heavy (non-hydrogen) atoms.